The largest absolute Gasteiger partial charge is 0.496 e. The lowest BCUT2D eigenvalue weighted by molar-refractivity contribution is 0.410. The fourth-order valence-corrected chi connectivity index (χ4v) is 1.87. The van der Waals surface area contributed by atoms with Crippen molar-refractivity contribution in [1.82, 2.24) is 9.78 Å². The number of nitrogen functional groups attached to an aromatic ring is 1. The van der Waals surface area contributed by atoms with E-state index >= 15 is 0 Å². The summed E-state index contributed by atoms with van der Waals surface area (Å²) in [4.78, 5) is 0. The number of rotatable bonds is 3. The second kappa shape index (κ2) is 4.49. The summed E-state index contributed by atoms with van der Waals surface area (Å²) in [6, 6.07) is 8.03. The summed E-state index contributed by atoms with van der Waals surface area (Å²) in [5.41, 5.74) is 9.06. The second-order valence-electron chi connectivity index (χ2n) is 4.18. The Balaban J connectivity index is 2.31. The lowest BCUT2D eigenvalue weighted by Crippen LogP contribution is -1.98. The van der Waals surface area contributed by atoms with Gasteiger partial charge in [0.15, 0.2) is 0 Å². The van der Waals surface area contributed by atoms with Crippen LogP contribution in [-0.4, -0.2) is 16.9 Å². The molecule has 4 heteroatoms. The van der Waals surface area contributed by atoms with Crippen molar-refractivity contribution < 1.29 is 4.74 Å². The van der Waals surface area contributed by atoms with Gasteiger partial charge in [-0.1, -0.05) is 17.7 Å². The predicted octanol–water partition coefficient (Wildman–Crippen LogP) is 1.91. The van der Waals surface area contributed by atoms with Crippen molar-refractivity contribution in [2.24, 2.45) is 7.05 Å². The van der Waals surface area contributed by atoms with E-state index in [2.05, 4.69) is 18.1 Å². The van der Waals surface area contributed by atoms with Crippen LogP contribution in [0.25, 0.3) is 0 Å². The molecule has 0 fully saturated rings. The van der Waals surface area contributed by atoms with Crippen LogP contribution in [0.4, 0.5) is 5.82 Å². The average Bonchev–Trinajstić information content (AvgIpc) is 2.58. The fraction of sp³-hybridized carbons (Fsp3) is 0.308. The smallest absolute Gasteiger partial charge is 0.122 e. The maximum Gasteiger partial charge on any atom is 0.122 e. The average molecular weight is 231 g/mol. The van der Waals surface area contributed by atoms with E-state index in [1.807, 2.05) is 25.2 Å². The Morgan fingerprint density at radius 1 is 1.35 bits per heavy atom. The van der Waals surface area contributed by atoms with Gasteiger partial charge in [-0.05, 0) is 13.0 Å². The van der Waals surface area contributed by atoms with Crippen LogP contribution < -0.4 is 10.5 Å². The predicted molar refractivity (Wildman–Crippen MR) is 68.2 cm³/mol. The minimum Gasteiger partial charge on any atom is -0.496 e. The van der Waals surface area contributed by atoms with E-state index in [0.717, 1.165) is 23.4 Å². The number of nitrogens with zero attached hydrogens (tertiary/aromatic N) is 2. The zero-order chi connectivity index (χ0) is 12.4. The maximum atomic E-state index is 5.76. The number of benzene rings is 1. The van der Waals surface area contributed by atoms with Crippen LogP contribution in [0.3, 0.4) is 0 Å². The Labute approximate surface area is 101 Å². The van der Waals surface area contributed by atoms with E-state index in [-0.39, 0.29) is 0 Å². The number of nitrogens with two attached hydrogens (primary N) is 1. The normalized spacial score (nSPS) is 10.5. The van der Waals surface area contributed by atoms with Gasteiger partial charge in [0, 0.05) is 25.1 Å². The Hall–Kier alpha value is -1.97. The maximum absolute atomic E-state index is 5.76. The summed E-state index contributed by atoms with van der Waals surface area (Å²) in [7, 11) is 3.52. The zero-order valence-corrected chi connectivity index (χ0v) is 10.4. The molecule has 1 aromatic heterocycles. The third kappa shape index (κ3) is 2.41. The molecule has 0 saturated heterocycles. The molecule has 0 radical (unpaired) electrons. The van der Waals surface area contributed by atoms with Crippen molar-refractivity contribution >= 4 is 5.82 Å². The number of hydrogen-bond donors (Lipinski definition) is 1. The van der Waals surface area contributed by atoms with Gasteiger partial charge in [-0.2, -0.15) is 5.10 Å². The number of aromatic nitrogens is 2. The number of ether oxygens (including phenoxy) is 1. The standard InChI is InChI=1S/C13H17N3O/c1-9-4-5-12(17-3)10(6-9)7-11-8-13(14)16(2)15-11/h4-6,8H,7,14H2,1-3H3. The molecular formula is C13H17N3O. The molecule has 0 aliphatic heterocycles. The first-order valence-corrected chi connectivity index (χ1v) is 5.52. The van der Waals surface area contributed by atoms with Crippen LogP contribution in [0.1, 0.15) is 16.8 Å². The van der Waals surface area contributed by atoms with Crippen molar-refractivity contribution in [3.63, 3.8) is 0 Å². The third-order valence-corrected chi connectivity index (χ3v) is 2.77. The Kier molecular flexibility index (Phi) is 3.04. The van der Waals surface area contributed by atoms with Crippen molar-refractivity contribution in [1.29, 1.82) is 0 Å². The quantitative estimate of drug-likeness (QED) is 0.878. The molecule has 0 unspecified atom stereocenters. The van der Waals surface area contributed by atoms with E-state index in [4.69, 9.17) is 10.5 Å². The Morgan fingerprint density at radius 3 is 2.71 bits per heavy atom. The Bertz CT molecular complexity index is 512. The highest BCUT2D eigenvalue weighted by molar-refractivity contribution is 5.41. The van der Waals surface area contributed by atoms with Crippen LogP contribution >= 0.6 is 0 Å². The minimum atomic E-state index is 0.673. The molecule has 0 amide bonds. The molecular weight excluding hydrogens is 214 g/mol. The summed E-state index contributed by atoms with van der Waals surface area (Å²) in [5, 5.41) is 4.35. The van der Waals surface area contributed by atoms with Gasteiger partial charge in [-0.25, -0.2) is 0 Å². The summed E-state index contributed by atoms with van der Waals surface area (Å²) >= 11 is 0. The molecule has 17 heavy (non-hydrogen) atoms. The highest BCUT2D eigenvalue weighted by Crippen LogP contribution is 2.22. The molecule has 2 rings (SSSR count). The zero-order valence-electron chi connectivity index (χ0n) is 10.4. The minimum absolute atomic E-state index is 0.673. The van der Waals surface area contributed by atoms with Gasteiger partial charge in [0.2, 0.25) is 0 Å². The molecule has 1 aromatic carbocycles. The molecule has 0 saturated carbocycles. The molecule has 0 aliphatic rings. The molecule has 0 spiro atoms. The molecule has 0 atom stereocenters. The van der Waals surface area contributed by atoms with Gasteiger partial charge >= 0.3 is 0 Å². The van der Waals surface area contributed by atoms with Crippen molar-refractivity contribution in [3.05, 3.63) is 41.1 Å². The van der Waals surface area contributed by atoms with Crippen LogP contribution in [0.15, 0.2) is 24.3 Å². The van der Waals surface area contributed by atoms with E-state index < -0.39 is 0 Å². The monoisotopic (exact) mass is 231 g/mol. The van der Waals surface area contributed by atoms with Crippen molar-refractivity contribution in [2.45, 2.75) is 13.3 Å². The van der Waals surface area contributed by atoms with Gasteiger partial charge < -0.3 is 10.5 Å². The van der Waals surface area contributed by atoms with Crippen LogP contribution in [0.5, 0.6) is 5.75 Å². The molecule has 1 heterocycles. The SMILES string of the molecule is COc1ccc(C)cc1Cc1cc(N)n(C)n1. The number of methoxy groups -OCH3 is 1. The second-order valence-corrected chi connectivity index (χ2v) is 4.18. The first-order chi connectivity index (χ1) is 8.10. The van der Waals surface area contributed by atoms with Gasteiger partial charge in [-0.3, -0.25) is 4.68 Å². The van der Waals surface area contributed by atoms with E-state index in [0.29, 0.717) is 5.82 Å². The first kappa shape index (κ1) is 11.5. The van der Waals surface area contributed by atoms with Gasteiger partial charge in [0.25, 0.3) is 0 Å². The molecule has 90 valence electrons. The molecule has 4 nitrogen and oxygen atoms in total. The van der Waals surface area contributed by atoms with E-state index in [9.17, 15) is 0 Å². The first-order valence-electron chi connectivity index (χ1n) is 5.52. The topological polar surface area (TPSA) is 53.1 Å². The van der Waals surface area contributed by atoms with Gasteiger partial charge in [0.1, 0.15) is 11.6 Å². The molecule has 0 aliphatic carbocycles. The fourth-order valence-electron chi connectivity index (χ4n) is 1.87. The van der Waals surface area contributed by atoms with Crippen molar-refractivity contribution in [2.75, 3.05) is 12.8 Å². The van der Waals surface area contributed by atoms with Gasteiger partial charge in [0.05, 0.1) is 12.8 Å². The van der Waals surface area contributed by atoms with Crippen LogP contribution in [0, 0.1) is 6.92 Å². The number of aryl methyl sites for hydroxylation is 2. The number of anilines is 1. The summed E-state index contributed by atoms with van der Waals surface area (Å²) in [5.74, 6) is 1.56. The molecule has 0 bridgehead atoms. The third-order valence-electron chi connectivity index (χ3n) is 2.77. The van der Waals surface area contributed by atoms with Crippen molar-refractivity contribution in [3.8, 4) is 5.75 Å². The van der Waals surface area contributed by atoms with Gasteiger partial charge in [-0.15, -0.1) is 0 Å². The highest BCUT2D eigenvalue weighted by atomic mass is 16.5. The number of hydrogen-bond acceptors (Lipinski definition) is 3. The summed E-state index contributed by atoms with van der Waals surface area (Å²) in [6.45, 7) is 2.07. The lowest BCUT2D eigenvalue weighted by atomic mass is 10.1. The summed E-state index contributed by atoms with van der Waals surface area (Å²) < 4.78 is 7.02. The van der Waals surface area contributed by atoms with Crippen LogP contribution in [-0.2, 0) is 13.5 Å². The lowest BCUT2D eigenvalue weighted by Gasteiger charge is -2.07. The molecule has 2 N–H and O–H groups in total. The van der Waals surface area contributed by atoms with E-state index in [1.54, 1.807) is 11.8 Å². The Morgan fingerprint density at radius 2 is 2.12 bits per heavy atom. The summed E-state index contributed by atoms with van der Waals surface area (Å²) in [6.07, 6.45) is 0.732. The highest BCUT2D eigenvalue weighted by Gasteiger charge is 2.08. The molecule has 2 aromatic rings. The van der Waals surface area contributed by atoms with Crippen LogP contribution in [0.2, 0.25) is 0 Å². The van der Waals surface area contributed by atoms with E-state index in [1.165, 1.54) is 5.56 Å².